The topological polar surface area (TPSA) is 76.3 Å². The molecule has 31 heavy (non-hydrogen) atoms. The molecule has 166 valence electrons. The van der Waals surface area contributed by atoms with Crippen LogP contribution in [-0.2, 0) is 16.0 Å². The fourth-order valence-corrected chi connectivity index (χ4v) is 3.70. The van der Waals surface area contributed by atoms with Crippen LogP contribution in [0.4, 0.5) is 10.1 Å². The van der Waals surface area contributed by atoms with Crippen molar-refractivity contribution in [1.82, 2.24) is 5.32 Å². The number of amides is 2. The van der Waals surface area contributed by atoms with Gasteiger partial charge < -0.3 is 25.2 Å². The third kappa shape index (κ3) is 7.66. The molecule has 4 N–H and O–H groups in total. The molecular weight excluding hydrogens is 399 g/mol. The number of ether oxygens (including phenoxy) is 1. The smallest absolute Gasteiger partial charge is 0.279 e. The number of methoxy groups -OCH3 is 1. The Kier molecular flexibility index (Phi) is 8.37. The maximum Gasteiger partial charge on any atom is 0.279 e. The lowest BCUT2D eigenvalue weighted by molar-refractivity contribution is -1.00. The second-order valence-corrected chi connectivity index (χ2v) is 7.86. The Morgan fingerprint density at radius 2 is 1.48 bits per heavy atom. The molecule has 1 saturated heterocycles. The minimum atomic E-state index is -0.326. The second kappa shape index (κ2) is 11.4. The zero-order valence-electron chi connectivity index (χ0n) is 17.9. The Bertz CT molecular complexity index is 850. The number of hydrogen-bond acceptors (Lipinski definition) is 3. The third-order valence-electron chi connectivity index (χ3n) is 5.51. The van der Waals surface area contributed by atoms with Gasteiger partial charge in [-0.2, -0.15) is 0 Å². The summed E-state index contributed by atoms with van der Waals surface area (Å²) in [6.45, 7) is 4.82. The highest BCUT2D eigenvalue weighted by Crippen LogP contribution is 2.11. The Morgan fingerprint density at radius 1 is 0.903 bits per heavy atom. The molecular formula is C23H31FN4O3+2. The average Bonchev–Trinajstić information content (AvgIpc) is 2.77. The molecule has 0 unspecified atom stereocenters. The van der Waals surface area contributed by atoms with Crippen LogP contribution >= 0.6 is 0 Å². The maximum absolute atomic E-state index is 12.9. The number of quaternary nitrogens is 2. The van der Waals surface area contributed by atoms with Crippen molar-refractivity contribution < 1.29 is 28.5 Å². The molecule has 2 amide bonds. The highest BCUT2D eigenvalue weighted by molar-refractivity contribution is 5.91. The first-order valence-corrected chi connectivity index (χ1v) is 10.6. The molecule has 3 rings (SSSR count). The minimum Gasteiger partial charge on any atom is -0.497 e. The van der Waals surface area contributed by atoms with Crippen molar-refractivity contribution in [2.75, 3.05) is 58.2 Å². The van der Waals surface area contributed by atoms with E-state index in [0.29, 0.717) is 25.3 Å². The van der Waals surface area contributed by atoms with Gasteiger partial charge in [0.15, 0.2) is 13.1 Å². The van der Waals surface area contributed by atoms with Gasteiger partial charge in [0.25, 0.3) is 11.8 Å². The molecule has 1 fully saturated rings. The normalized spacial score (nSPS) is 18.3. The summed E-state index contributed by atoms with van der Waals surface area (Å²) < 4.78 is 18.1. The second-order valence-electron chi connectivity index (χ2n) is 7.86. The van der Waals surface area contributed by atoms with Crippen molar-refractivity contribution in [3.63, 3.8) is 0 Å². The van der Waals surface area contributed by atoms with Gasteiger partial charge in [-0.05, 0) is 48.4 Å². The van der Waals surface area contributed by atoms with E-state index in [4.69, 9.17) is 4.74 Å². The van der Waals surface area contributed by atoms with E-state index in [1.165, 1.54) is 21.9 Å². The van der Waals surface area contributed by atoms with E-state index in [-0.39, 0.29) is 17.6 Å². The van der Waals surface area contributed by atoms with Crippen LogP contribution in [0.5, 0.6) is 5.75 Å². The van der Waals surface area contributed by atoms with Crippen LogP contribution in [0.1, 0.15) is 5.56 Å². The van der Waals surface area contributed by atoms with E-state index in [9.17, 15) is 14.0 Å². The van der Waals surface area contributed by atoms with Crippen LogP contribution < -0.4 is 25.2 Å². The van der Waals surface area contributed by atoms with E-state index in [1.54, 1.807) is 19.2 Å². The van der Waals surface area contributed by atoms with Gasteiger partial charge in [-0.1, -0.05) is 12.1 Å². The fraction of sp³-hybridized carbons (Fsp3) is 0.391. The van der Waals surface area contributed by atoms with Crippen LogP contribution in [0.15, 0.2) is 48.5 Å². The lowest BCUT2D eigenvalue weighted by atomic mass is 10.1. The first kappa shape index (κ1) is 22.7. The largest absolute Gasteiger partial charge is 0.497 e. The minimum absolute atomic E-state index is 0.0565. The molecule has 2 aromatic rings. The van der Waals surface area contributed by atoms with Gasteiger partial charge in [0, 0.05) is 12.2 Å². The van der Waals surface area contributed by atoms with Gasteiger partial charge in [-0.15, -0.1) is 0 Å². The molecule has 0 saturated carbocycles. The molecule has 0 atom stereocenters. The summed E-state index contributed by atoms with van der Waals surface area (Å²) in [4.78, 5) is 26.9. The molecule has 2 aromatic carbocycles. The number of benzene rings is 2. The molecule has 0 bridgehead atoms. The Hall–Kier alpha value is -2.97. The Morgan fingerprint density at radius 3 is 2.06 bits per heavy atom. The molecule has 0 aromatic heterocycles. The number of piperazine rings is 1. The zero-order valence-corrected chi connectivity index (χ0v) is 17.9. The molecule has 0 radical (unpaired) electrons. The van der Waals surface area contributed by atoms with Crippen molar-refractivity contribution >= 4 is 17.5 Å². The maximum atomic E-state index is 12.9. The molecule has 1 aliphatic heterocycles. The van der Waals surface area contributed by atoms with E-state index in [1.807, 2.05) is 24.3 Å². The van der Waals surface area contributed by atoms with E-state index in [2.05, 4.69) is 10.6 Å². The number of carbonyl (C=O) groups excluding carboxylic acids is 2. The first-order chi connectivity index (χ1) is 15.0. The fourth-order valence-electron chi connectivity index (χ4n) is 3.70. The van der Waals surface area contributed by atoms with Gasteiger partial charge in [-0.25, -0.2) is 4.39 Å². The molecule has 8 heteroatoms. The predicted octanol–water partition coefficient (Wildman–Crippen LogP) is -1.08. The quantitative estimate of drug-likeness (QED) is 0.409. The van der Waals surface area contributed by atoms with E-state index < -0.39 is 0 Å². The summed E-state index contributed by atoms with van der Waals surface area (Å²) in [5, 5.41) is 5.79. The van der Waals surface area contributed by atoms with Crippen molar-refractivity contribution in [2.45, 2.75) is 6.42 Å². The Balaban J connectivity index is 1.30. The average molecular weight is 431 g/mol. The molecule has 0 aliphatic carbocycles. The standard InChI is InChI=1S/C23H29FN4O3/c1-31-21-8-2-18(3-9-21)10-11-25-22(29)16-27-12-14-28(15-13-27)17-23(30)26-20-6-4-19(24)5-7-20/h2-9H,10-17H2,1H3,(H,25,29)(H,26,30)/p+2. The summed E-state index contributed by atoms with van der Waals surface area (Å²) in [5.41, 5.74) is 1.76. The number of nitrogens with one attached hydrogen (secondary N) is 4. The number of anilines is 1. The first-order valence-electron chi connectivity index (χ1n) is 10.6. The van der Waals surface area contributed by atoms with Gasteiger partial charge in [0.2, 0.25) is 0 Å². The third-order valence-corrected chi connectivity index (χ3v) is 5.51. The van der Waals surface area contributed by atoms with Gasteiger partial charge >= 0.3 is 0 Å². The number of hydrogen-bond donors (Lipinski definition) is 4. The van der Waals surface area contributed by atoms with Gasteiger partial charge in [0.05, 0.1) is 7.11 Å². The van der Waals surface area contributed by atoms with E-state index >= 15 is 0 Å². The van der Waals surface area contributed by atoms with Crippen LogP contribution in [0.3, 0.4) is 0 Å². The zero-order chi connectivity index (χ0) is 22.1. The van der Waals surface area contributed by atoms with Crippen molar-refractivity contribution in [3.8, 4) is 5.75 Å². The number of rotatable bonds is 9. The number of halogens is 1. The Labute approximate surface area is 182 Å². The summed E-state index contributed by atoms with van der Waals surface area (Å²) in [7, 11) is 1.64. The van der Waals surface area contributed by atoms with Crippen molar-refractivity contribution in [1.29, 1.82) is 0 Å². The molecule has 7 nitrogen and oxygen atoms in total. The predicted molar refractivity (Wildman–Crippen MR) is 116 cm³/mol. The highest BCUT2D eigenvalue weighted by atomic mass is 19.1. The molecule has 0 spiro atoms. The van der Waals surface area contributed by atoms with Crippen LogP contribution in [0, 0.1) is 5.82 Å². The summed E-state index contributed by atoms with van der Waals surface area (Å²) in [6.07, 6.45) is 0.784. The monoisotopic (exact) mass is 430 g/mol. The SMILES string of the molecule is COc1ccc(CCNC(=O)C[NH+]2CC[NH+](CC(=O)Nc3ccc(F)cc3)CC2)cc1. The highest BCUT2D eigenvalue weighted by Gasteiger charge is 2.26. The van der Waals surface area contributed by atoms with Crippen molar-refractivity contribution in [3.05, 3.63) is 59.9 Å². The summed E-state index contributed by atoms with van der Waals surface area (Å²) in [6, 6.07) is 13.6. The van der Waals surface area contributed by atoms with Crippen LogP contribution in [0.2, 0.25) is 0 Å². The van der Waals surface area contributed by atoms with Crippen molar-refractivity contribution in [2.24, 2.45) is 0 Å². The van der Waals surface area contributed by atoms with Crippen LogP contribution in [-0.4, -0.2) is 64.7 Å². The van der Waals surface area contributed by atoms with E-state index in [0.717, 1.165) is 43.9 Å². The summed E-state index contributed by atoms with van der Waals surface area (Å²) >= 11 is 0. The summed E-state index contributed by atoms with van der Waals surface area (Å²) in [5.74, 6) is 0.473. The number of carbonyl (C=O) groups is 2. The van der Waals surface area contributed by atoms with Gasteiger partial charge in [-0.3, -0.25) is 9.59 Å². The lowest BCUT2D eigenvalue weighted by Crippen LogP contribution is -3.28. The molecule has 1 aliphatic rings. The lowest BCUT2D eigenvalue weighted by Gasteiger charge is -2.28. The van der Waals surface area contributed by atoms with Crippen LogP contribution in [0.25, 0.3) is 0 Å². The molecule has 1 heterocycles. The van der Waals surface area contributed by atoms with Gasteiger partial charge in [0.1, 0.15) is 37.7 Å².